The Hall–Kier alpha value is -4.12. The van der Waals surface area contributed by atoms with Gasteiger partial charge in [-0.15, -0.1) is 0 Å². The number of para-hydroxylation sites is 1. The molecule has 0 atom stereocenters. The van der Waals surface area contributed by atoms with E-state index in [1.54, 1.807) is 6.20 Å². The summed E-state index contributed by atoms with van der Waals surface area (Å²) >= 11 is 0. The van der Waals surface area contributed by atoms with E-state index in [1.807, 2.05) is 31.5 Å². The molecule has 3 heterocycles. The van der Waals surface area contributed by atoms with Crippen molar-refractivity contribution in [3.8, 4) is 22.3 Å². The van der Waals surface area contributed by atoms with Crippen molar-refractivity contribution in [1.82, 2.24) is 19.9 Å². The van der Waals surface area contributed by atoms with Gasteiger partial charge in [0.1, 0.15) is 5.71 Å². The van der Waals surface area contributed by atoms with Crippen LogP contribution in [0.2, 0.25) is 0 Å². The van der Waals surface area contributed by atoms with E-state index in [-0.39, 0.29) is 0 Å². The SMILES string of the molecule is CCCN=C(c1nc2c(-c3cccnc3)cccc2[nH]1)c1cc(-c2cccc(CC)c2)cnc1C. The minimum absolute atomic E-state index is 0.719. The number of aromatic nitrogens is 4. The van der Waals surface area contributed by atoms with Gasteiger partial charge < -0.3 is 4.98 Å². The van der Waals surface area contributed by atoms with Gasteiger partial charge in [0.15, 0.2) is 5.82 Å². The molecule has 0 aliphatic rings. The summed E-state index contributed by atoms with van der Waals surface area (Å²) < 4.78 is 0. The topological polar surface area (TPSA) is 66.8 Å². The summed E-state index contributed by atoms with van der Waals surface area (Å²) in [5.41, 5.74) is 10.3. The summed E-state index contributed by atoms with van der Waals surface area (Å²) in [6.45, 7) is 7.07. The van der Waals surface area contributed by atoms with Gasteiger partial charge in [0.25, 0.3) is 0 Å². The smallest absolute Gasteiger partial charge is 0.157 e. The minimum Gasteiger partial charge on any atom is -0.337 e. The normalized spacial score (nSPS) is 11.8. The molecule has 3 aromatic heterocycles. The van der Waals surface area contributed by atoms with Crippen LogP contribution in [0.3, 0.4) is 0 Å². The summed E-state index contributed by atoms with van der Waals surface area (Å²) in [5.74, 6) is 0.758. The van der Waals surface area contributed by atoms with Gasteiger partial charge >= 0.3 is 0 Å². The molecule has 0 saturated carbocycles. The number of aryl methyl sites for hydroxylation is 2. The van der Waals surface area contributed by atoms with Crippen LogP contribution in [-0.2, 0) is 6.42 Å². The zero-order valence-corrected chi connectivity index (χ0v) is 20.4. The number of benzene rings is 2. The van der Waals surface area contributed by atoms with Crippen LogP contribution in [0.15, 0.2) is 84.2 Å². The predicted octanol–water partition coefficient (Wildman–Crippen LogP) is 6.81. The van der Waals surface area contributed by atoms with Gasteiger partial charge in [-0.3, -0.25) is 15.0 Å². The lowest BCUT2D eigenvalue weighted by Crippen LogP contribution is -2.10. The molecule has 0 aliphatic heterocycles. The molecule has 1 N–H and O–H groups in total. The molecule has 5 rings (SSSR count). The lowest BCUT2D eigenvalue weighted by Gasteiger charge is -2.11. The summed E-state index contributed by atoms with van der Waals surface area (Å²) in [6.07, 6.45) is 7.56. The van der Waals surface area contributed by atoms with Gasteiger partial charge in [-0.25, -0.2) is 4.98 Å². The number of aliphatic imine (C=N–C) groups is 1. The number of rotatable bonds is 7. The van der Waals surface area contributed by atoms with Gasteiger partial charge in [0.05, 0.1) is 11.0 Å². The number of nitrogens with zero attached hydrogens (tertiary/aromatic N) is 4. The summed E-state index contributed by atoms with van der Waals surface area (Å²) in [6, 6.07) is 21.0. The fraction of sp³-hybridized carbons (Fsp3) is 0.200. The number of hydrogen-bond acceptors (Lipinski definition) is 4. The molecule has 2 aromatic carbocycles. The van der Waals surface area contributed by atoms with Crippen LogP contribution in [0.4, 0.5) is 0 Å². The zero-order valence-electron chi connectivity index (χ0n) is 20.4. The number of fused-ring (bicyclic) bond motifs is 1. The van der Waals surface area contributed by atoms with Crippen molar-refractivity contribution < 1.29 is 0 Å². The molecule has 0 bridgehead atoms. The lowest BCUT2D eigenvalue weighted by molar-refractivity contribution is 0.930. The highest BCUT2D eigenvalue weighted by atomic mass is 15.0. The highest BCUT2D eigenvalue weighted by molar-refractivity contribution is 6.13. The molecule has 0 amide bonds. The maximum Gasteiger partial charge on any atom is 0.157 e. The Balaban J connectivity index is 1.64. The quantitative estimate of drug-likeness (QED) is 0.272. The van der Waals surface area contributed by atoms with Crippen LogP contribution in [0.5, 0.6) is 0 Å². The number of H-pyrrole nitrogens is 1. The summed E-state index contributed by atoms with van der Waals surface area (Å²) in [4.78, 5) is 22.6. The molecule has 35 heavy (non-hydrogen) atoms. The molecule has 0 radical (unpaired) electrons. The fourth-order valence-corrected chi connectivity index (χ4v) is 4.31. The van der Waals surface area contributed by atoms with Crippen molar-refractivity contribution >= 4 is 16.7 Å². The van der Waals surface area contributed by atoms with Gasteiger partial charge in [-0.2, -0.15) is 0 Å². The maximum absolute atomic E-state index is 5.05. The molecule has 5 heteroatoms. The first-order valence-electron chi connectivity index (χ1n) is 12.2. The molecule has 5 aromatic rings. The second kappa shape index (κ2) is 10.0. The Morgan fingerprint density at radius 3 is 2.57 bits per heavy atom. The Bertz CT molecular complexity index is 1500. The van der Waals surface area contributed by atoms with E-state index in [1.165, 1.54) is 5.56 Å². The number of aromatic amines is 1. The average molecular weight is 460 g/mol. The Morgan fingerprint density at radius 2 is 1.77 bits per heavy atom. The van der Waals surface area contributed by atoms with E-state index >= 15 is 0 Å². The molecule has 174 valence electrons. The average Bonchev–Trinajstić information content (AvgIpc) is 3.34. The third kappa shape index (κ3) is 4.62. The zero-order chi connectivity index (χ0) is 24.2. The second-order valence-corrected chi connectivity index (χ2v) is 8.67. The van der Waals surface area contributed by atoms with Gasteiger partial charge in [-0.05, 0) is 49.1 Å². The van der Waals surface area contributed by atoms with Crippen LogP contribution in [-0.4, -0.2) is 32.2 Å². The third-order valence-corrected chi connectivity index (χ3v) is 6.21. The van der Waals surface area contributed by atoms with Crippen molar-refractivity contribution in [3.05, 3.63) is 102 Å². The molecule has 0 saturated heterocycles. The third-order valence-electron chi connectivity index (χ3n) is 6.21. The Labute approximate surface area is 206 Å². The lowest BCUT2D eigenvalue weighted by atomic mass is 9.99. The maximum atomic E-state index is 5.05. The first-order chi connectivity index (χ1) is 17.2. The van der Waals surface area contributed by atoms with Gasteiger partial charge in [0.2, 0.25) is 0 Å². The first kappa shape index (κ1) is 22.7. The standard InChI is InChI=1S/C30H29N5/c1-4-14-32-29(26-17-24(19-33-20(26)3)22-10-6-9-21(5-2)16-22)30-34-27-13-7-12-25(28(27)35-30)23-11-8-15-31-18-23/h6-13,15-19H,4-5,14H2,1-3H3,(H,34,35). The highest BCUT2D eigenvalue weighted by Gasteiger charge is 2.18. The van der Waals surface area contributed by atoms with Crippen molar-refractivity contribution in [1.29, 1.82) is 0 Å². The van der Waals surface area contributed by atoms with E-state index in [0.29, 0.717) is 0 Å². The molecule has 5 nitrogen and oxygen atoms in total. The molecule has 0 aliphatic carbocycles. The van der Waals surface area contributed by atoms with Crippen molar-refractivity contribution in [2.75, 3.05) is 6.54 Å². The first-order valence-corrected chi connectivity index (χ1v) is 12.2. The monoisotopic (exact) mass is 459 g/mol. The second-order valence-electron chi connectivity index (χ2n) is 8.67. The fourth-order valence-electron chi connectivity index (χ4n) is 4.31. The number of pyridine rings is 2. The summed E-state index contributed by atoms with van der Waals surface area (Å²) in [7, 11) is 0. The molecule has 0 unspecified atom stereocenters. The van der Waals surface area contributed by atoms with Crippen molar-refractivity contribution in [3.63, 3.8) is 0 Å². The van der Waals surface area contributed by atoms with Crippen molar-refractivity contribution in [2.45, 2.75) is 33.6 Å². The molecular formula is C30H29N5. The van der Waals surface area contributed by atoms with Crippen LogP contribution >= 0.6 is 0 Å². The van der Waals surface area contributed by atoms with E-state index in [9.17, 15) is 0 Å². The van der Waals surface area contributed by atoms with Gasteiger partial charge in [-0.1, -0.05) is 56.3 Å². The van der Waals surface area contributed by atoms with E-state index in [2.05, 4.69) is 72.3 Å². The highest BCUT2D eigenvalue weighted by Crippen LogP contribution is 2.28. The Morgan fingerprint density at radius 1 is 0.914 bits per heavy atom. The van der Waals surface area contributed by atoms with E-state index in [4.69, 9.17) is 15.0 Å². The number of nitrogens with one attached hydrogen (secondary N) is 1. The summed E-state index contributed by atoms with van der Waals surface area (Å²) in [5, 5.41) is 0. The predicted molar refractivity (Wildman–Crippen MR) is 144 cm³/mol. The number of hydrogen-bond donors (Lipinski definition) is 1. The van der Waals surface area contributed by atoms with Crippen LogP contribution in [0.1, 0.15) is 42.9 Å². The van der Waals surface area contributed by atoms with Crippen LogP contribution in [0.25, 0.3) is 33.3 Å². The minimum atomic E-state index is 0.719. The Kier molecular flexibility index (Phi) is 6.49. The van der Waals surface area contributed by atoms with Crippen LogP contribution < -0.4 is 0 Å². The molecular weight excluding hydrogens is 430 g/mol. The van der Waals surface area contributed by atoms with Crippen molar-refractivity contribution in [2.24, 2.45) is 4.99 Å². The van der Waals surface area contributed by atoms with E-state index < -0.39 is 0 Å². The van der Waals surface area contributed by atoms with E-state index in [0.717, 1.165) is 75.5 Å². The number of imidazole rings is 1. The molecule has 0 fully saturated rings. The molecule has 0 spiro atoms. The largest absolute Gasteiger partial charge is 0.337 e. The van der Waals surface area contributed by atoms with Gasteiger partial charge in [0, 0.05) is 53.1 Å². The van der Waals surface area contributed by atoms with Crippen LogP contribution in [0, 0.1) is 6.92 Å².